The molecule has 0 aliphatic heterocycles. The molecular formula is C12H17N3O4. The van der Waals surface area contributed by atoms with Crippen molar-refractivity contribution in [3.05, 3.63) is 38.4 Å². The fourth-order valence-corrected chi connectivity index (χ4v) is 1.93. The first-order chi connectivity index (χ1) is 9.01. The monoisotopic (exact) mass is 267 g/mol. The highest BCUT2D eigenvalue weighted by Gasteiger charge is 2.22. The predicted molar refractivity (Wildman–Crippen MR) is 72.5 cm³/mol. The van der Waals surface area contributed by atoms with Gasteiger partial charge in [-0.05, 0) is 18.9 Å². The van der Waals surface area contributed by atoms with E-state index in [0.29, 0.717) is 18.8 Å². The summed E-state index contributed by atoms with van der Waals surface area (Å²) in [6.45, 7) is 5.35. The summed E-state index contributed by atoms with van der Waals surface area (Å²) >= 11 is 0. The Balaban J connectivity index is 3.24. The molecule has 0 N–H and O–H groups in total. The average molecular weight is 267 g/mol. The standard InChI is InChI=1S/C12H17N3O4/c1-3-7-13(8-4-2)11-6-5-10(14(16)17)9-12(11)15(18)19/h5-6,9H,3-4,7-8H2,1-2H3. The second kappa shape index (κ2) is 6.67. The molecule has 0 radical (unpaired) electrons. The minimum Gasteiger partial charge on any atom is -0.366 e. The molecule has 7 nitrogen and oxygen atoms in total. The highest BCUT2D eigenvalue weighted by Crippen LogP contribution is 2.32. The van der Waals surface area contributed by atoms with Gasteiger partial charge in [-0.3, -0.25) is 20.2 Å². The summed E-state index contributed by atoms with van der Waals surface area (Å²) in [7, 11) is 0. The lowest BCUT2D eigenvalue weighted by Gasteiger charge is -2.23. The summed E-state index contributed by atoms with van der Waals surface area (Å²) in [6.07, 6.45) is 1.71. The third-order valence-electron chi connectivity index (χ3n) is 2.69. The maximum absolute atomic E-state index is 11.1. The van der Waals surface area contributed by atoms with E-state index in [1.807, 2.05) is 18.7 Å². The highest BCUT2D eigenvalue weighted by molar-refractivity contribution is 5.66. The average Bonchev–Trinajstić information content (AvgIpc) is 2.37. The molecule has 0 fully saturated rings. The lowest BCUT2D eigenvalue weighted by Crippen LogP contribution is -2.25. The molecule has 0 amide bonds. The Morgan fingerprint density at radius 3 is 2.05 bits per heavy atom. The van der Waals surface area contributed by atoms with Crippen LogP contribution in [0.1, 0.15) is 26.7 Å². The molecule has 104 valence electrons. The van der Waals surface area contributed by atoms with E-state index in [9.17, 15) is 20.2 Å². The van der Waals surface area contributed by atoms with E-state index in [-0.39, 0.29) is 11.4 Å². The van der Waals surface area contributed by atoms with Crippen molar-refractivity contribution in [2.24, 2.45) is 0 Å². The van der Waals surface area contributed by atoms with Crippen LogP contribution in [-0.4, -0.2) is 22.9 Å². The Hall–Kier alpha value is -2.18. The van der Waals surface area contributed by atoms with Crippen LogP contribution in [0.3, 0.4) is 0 Å². The topological polar surface area (TPSA) is 89.5 Å². The number of hydrogen-bond donors (Lipinski definition) is 0. The van der Waals surface area contributed by atoms with Gasteiger partial charge in [-0.1, -0.05) is 13.8 Å². The number of non-ortho nitro benzene ring substituents is 1. The van der Waals surface area contributed by atoms with Gasteiger partial charge in [0.2, 0.25) is 0 Å². The van der Waals surface area contributed by atoms with Crippen molar-refractivity contribution >= 4 is 17.1 Å². The normalized spacial score (nSPS) is 10.2. The zero-order valence-electron chi connectivity index (χ0n) is 11.0. The maximum Gasteiger partial charge on any atom is 0.299 e. The Morgan fingerprint density at radius 1 is 1.05 bits per heavy atom. The minimum atomic E-state index is -0.624. The first kappa shape index (κ1) is 14.9. The zero-order chi connectivity index (χ0) is 14.4. The molecule has 0 atom stereocenters. The molecule has 1 aromatic rings. The molecule has 0 saturated carbocycles. The van der Waals surface area contributed by atoms with Crippen molar-refractivity contribution in [2.45, 2.75) is 26.7 Å². The minimum absolute atomic E-state index is 0.212. The zero-order valence-corrected chi connectivity index (χ0v) is 11.0. The SMILES string of the molecule is CCCN(CCC)c1ccc([N+](=O)[O-])cc1[N+](=O)[O-]. The molecule has 0 saturated heterocycles. The van der Waals surface area contributed by atoms with Crippen LogP contribution in [0, 0.1) is 20.2 Å². The van der Waals surface area contributed by atoms with Crippen molar-refractivity contribution in [1.82, 2.24) is 0 Å². The molecule has 0 unspecified atom stereocenters. The number of anilines is 1. The molecule has 0 aromatic heterocycles. The summed E-state index contributed by atoms with van der Waals surface area (Å²) in [5.41, 5.74) is -0.0289. The molecule has 0 heterocycles. The fourth-order valence-electron chi connectivity index (χ4n) is 1.93. The Kier molecular flexibility index (Phi) is 5.23. The smallest absolute Gasteiger partial charge is 0.299 e. The lowest BCUT2D eigenvalue weighted by atomic mass is 10.2. The molecule has 19 heavy (non-hydrogen) atoms. The van der Waals surface area contributed by atoms with Gasteiger partial charge >= 0.3 is 0 Å². The van der Waals surface area contributed by atoms with Gasteiger partial charge in [-0.2, -0.15) is 0 Å². The molecule has 0 aliphatic carbocycles. The molecule has 0 spiro atoms. The van der Waals surface area contributed by atoms with E-state index in [1.165, 1.54) is 12.1 Å². The Bertz CT molecular complexity index is 470. The number of benzene rings is 1. The lowest BCUT2D eigenvalue weighted by molar-refractivity contribution is -0.393. The second-order valence-corrected chi connectivity index (χ2v) is 4.17. The van der Waals surface area contributed by atoms with Crippen molar-refractivity contribution in [2.75, 3.05) is 18.0 Å². The number of nitrogens with zero attached hydrogens (tertiary/aromatic N) is 3. The van der Waals surface area contributed by atoms with E-state index in [4.69, 9.17) is 0 Å². The molecule has 0 aliphatic rings. The Labute approximate surface area is 111 Å². The van der Waals surface area contributed by atoms with E-state index in [0.717, 1.165) is 18.9 Å². The van der Waals surface area contributed by atoms with Gasteiger partial charge < -0.3 is 4.90 Å². The third-order valence-corrected chi connectivity index (χ3v) is 2.69. The number of nitro benzene ring substituents is 2. The van der Waals surface area contributed by atoms with Gasteiger partial charge in [-0.25, -0.2) is 0 Å². The summed E-state index contributed by atoms with van der Waals surface area (Å²) in [4.78, 5) is 22.4. The van der Waals surface area contributed by atoms with E-state index >= 15 is 0 Å². The van der Waals surface area contributed by atoms with Crippen LogP contribution in [0.4, 0.5) is 17.1 Å². The Morgan fingerprint density at radius 2 is 1.63 bits per heavy atom. The summed E-state index contributed by atoms with van der Waals surface area (Å²) in [6, 6.07) is 3.79. The predicted octanol–water partition coefficient (Wildman–Crippen LogP) is 3.13. The second-order valence-electron chi connectivity index (χ2n) is 4.17. The highest BCUT2D eigenvalue weighted by atomic mass is 16.6. The third kappa shape index (κ3) is 3.64. The van der Waals surface area contributed by atoms with Crippen LogP contribution in [0.15, 0.2) is 18.2 Å². The summed E-state index contributed by atoms with van der Waals surface area (Å²) in [5, 5.41) is 21.7. The first-order valence-corrected chi connectivity index (χ1v) is 6.19. The molecule has 1 aromatic carbocycles. The molecule has 7 heteroatoms. The van der Waals surface area contributed by atoms with Crippen LogP contribution in [0.2, 0.25) is 0 Å². The first-order valence-electron chi connectivity index (χ1n) is 6.19. The maximum atomic E-state index is 11.1. The summed E-state index contributed by atoms with van der Waals surface area (Å²) in [5.74, 6) is 0. The van der Waals surface area contributed by atoms with Crippen LogP contribution < -0.4 is 4.90 Å². The van der Waals surface area contributed by atoms with Crippen LogP contribution in [0.5, 0.6) is 0 Å². The molecule has 0 bridgehead atoms. The van der Waals surface area contributed by atoms with Crippen LogP contribution >= 0.6 is 0 Å². The van der Waals surface area contributed by atoms with Gasteiger partial charge in [0, 0.05) is 19.2 Å². The van der Waals surface area contributed by atoms with E-state index < -0.39 is 9.85 Å². The number of hydrogen-bond acceptors (Lipinski definition) is 5. The summed E-state index contributed by atoms with van der Waals surface area (Å²) < 4.78 is 0. The fraction of sp³-hybridized carbons (Fsp3) is 0.500. The van der Waals surface area contributed by atoms with Gasteiger partial charge in [0.25, 0.3) is 11.4 Å². The quantitative estimate of drug-likeness (QED) is 0.559. The van der Waals surface area contributed by atoms with Crippen molar-refractivity contribution in [1.29, 1.82) is 0 Å². The molecule has 1 rings (SSSR count). The van der Waals surface area contributed by atoms with Crippen LogP contribution in [-0.2, 0) is 0 Å². The van der Waals surface area contributed by atoms with Crippen LogP contribution in [0.25, 0.3) is 0 Å². The van der Waals surface area contributed by atoms with Crippen molar-refractivity contribution in [3.63, 3.8) is 0 Å². The molecular weight excluding hydrogens is 250 g/mol. The van der Waals surface area contributed by atoms with E-state index in [1.54, 1.807) is 0 Å². The largest absolute Gasteiger partial charge is 0.366 e. The van der Waals surface area contributed by atoms with Gasteiger partial charge in [-0.15, -0.1) is 0 Å². The number of rotatable bonds is 7. The van der Waals surface area contributed by atoms with Crippen molar-refractivity contribution < 1.29 is 9.85 Å². The van der Waals surface area contributed by atoms with E-state index in [2.05, 4.69) is 0 Å². The van der Waals surface area contributed by atoms with Crippen molar-refractivity contribution in [3.8, 4) is 0 Å². The van der Waals surface area contributed by atoms with Gasteiger partial charge in [0.1, 0.15) is 5.69 Å². The number of nitro groups is 2. The van der Waals surface area contributed by atoms with Gasteiger partial charge in [0.15, 0.2) is 0 Å². The van der Waals surface area contributed by atoms with Gasteiger partial charge in [0.05, 0.1) is 15.9 Å².